The molecule has 7 rings (SSSR count). The van der Waals surface area contributed by atoms with Crippen LogP contribution in [0, 0.1) is 0 Å². The molecule has 0 saturated heterocycles. The highest BCUT2D eigenvalue weighted by molar-refractivity contribution is 6.21. The van der Waals surface area contributed by atoms with Gasteiger partial charge in [0.2, 0.25) is 0 Å². The van der Waals surface area contributed by atoms with Crippen molar-refractivity contribution in [1.29, 1.82) is 0 Å². The van der Waals surface area contributed by atoms with Crippen LogP contribution in [0.4, 0.5) is 11.4 Å². The molecule has 0 N–H and O–H groups in total. The molecule has 7 heterocycles. The Labute approximate surface area is 230 Å². The molecule has 1 aliphatic heterocycles. The molecule has 0 spiro atoms. The molecular formula is C32H20N8. The molecule has 0 unspecified atom stereocenters. The van der Waals surface area contributed by atoms with Gasteiger partial charge in [-0.25, -0.2) is 9.98 Å². The van der Waals surface area contributed by atoms with Crippen LogP contribution in [-0.4, -0.2) is 41.3 Å². The fourth-order valence-electron chi connectivity index (χ4n) is 4.49. The van der Waals surface area contributed by atoms with Gasteiger partial charge in [0.05, 0.1) is 34.2 Å². The maximum absolute atomic E-state index is 5.08. The zero-order chi connectivity index (χ0) is 26.7. The van der Waals surface area contributed by atoms with Gasteiger partial charge in [-0.1, -0.05) is 12.1 Å². The summed E-state index contributed by atoms with van der Waals surface area (Å²) in [5.41, 5.74) is 8.78. The summed E-state index contributed by atoms with van der Waals surface area (Å²) in [6.07, 6.45) is 10.6. The first-order valence-electron chi connectivity index (χ1n) is 12.7. The summed E-state index contributed by atoms with van der Waals surface area (Å²) in [6, 6.07) is 26.9. The zero-order valence-corrected chi connectivity index (χ0v) is 21.1. The molecule has 6 aromatic heterocycles. The first-order valence-corrected chi connectivity index (χ1v) is 12.7. The van der Waals surface area contributed by atoms with E-state index >= 15 is 0 Å². The van der Waals surface area contributed by atoms with E-state index in [1.807, 2.05) is 84.9 Å². The van der Waals surface area contributed by atoms with Gasteiger partial charge in [-0.3, -0.25) is 29.9 Å². The van der Waals surface area contributed by atoms with E-state index in [0.29, 0.717) is 34.2 Å². The van der Waals surface area contributed by atoms with Crippen molar-refractivity contribution < 1.29 is 0 Å². The minimum absolute atomic E-state index is 0.653. The Morgan fingerprint density at radius 3 is 1.20 bits per heavy atom. The average molecular weight is 517 g/mol. The highest BCUT2D eigenvalue weighted by atomic mass is 14.9. The van der Waals surface area contributed by atoms with Crippen molar-refractivity contribution in [2.45, 2.75) is 0 Å². The number of pyridine rings is 6. The molecule has 188 valence electrons. The van der Waals surface area contributed by atoms with Gasteiger partial charge in [-0.15, -0.1) is 0 Å². The van der Waals surface area contributed by atoms with Crippen molar-refractivity contribution in [1.82, 2.24) is 29.9 Å². The Balaban J connectivity index is 1.34. The molecule has 0 amide bonds. The Kier molecular flexibility index (Phi) is 5.95. The third kappa shape index (κ3) is 4.43. The van der Waals surface area contributed by atoms with Crippen molar-refractivity contribution >= 4 is 22.8 Å². The van der Waals surface area contributed by atoms with Crippen LogP contribution in [0.2, 0.25) is 0 Å². The van der Waals surface area contributed by atoms with Crippen LogP contribution in [0.15, 0.2) is 132 Å². The van der Waals surface area contributed by atoms with E-state index in [-0.39, 0.29) is 0 Å². The van der Waals surface area contributed by atoms with E-state index in [1.165, 1.54) is 0 Å². The maximum Gasteiger partial charge on any atom is 0.115 e. The summed E-state index contributed by atoms with van der Waals surface area (Å²) in [7, 11) is 0. The summed E-state index contributed by atoms with van der Waals surface area (Å²) in [6.45, 7) is 0. The summed E-state index contributed by atoms with van der Waals surface area (Å²) in [4.78, 5) is 37.7. The van der Waals surface area contributed by atoms with Crippen LogP contribution in [0.1, 0.15) is 22.5 Å². The molecule has 0 atom stereocenters. The lowest BCUT2D eigenvalue weighted by Crippen LogP contribution is -2.13. The molecule has 0 saturated carbocycles. The van der Waals surface area contributed by atoms with Gasteiger partial charge in [0.25, 0.3) is 0 Å². The van der Waals surface area contributed by atoms with E-state index in [9.17, 15) is 0 Å². The summed E-state index contributed by atoms with van der Waals surface area (Å²) in [5, 5.41) is 0. The molecule has 40 heavy (non-hydrogen) atoms. The predicted octanol–water partition coefficient (Wildman–Crippen LogP) is 6.04. The summed E-state index contributed by atoms with van der Waals surface area (Å²) < 4.78 is 0. The van der Waals surface area contributed by atoms with E-state index < -0.39 is 0 Å². The van der Waals surface area contributed by atoms with Crippen LogP contribution < -0.4 is 0 Å². The smallest absolute Gasteiger partial charge is 0.115 e. The quantitative estimate of drug-likeness (QED) is 0.283. The van der Waals surface area contributed by atoms with Crippen LogP contribution in [0.5, 0.6) is 0 Å². The Bertz CT molecular complexity index is 1720. The van der Waals surface area contributed by atoms with Crippen LogP contribution in [-0.2, 0) is 0 Å². The Hall–Kier alpha value is -5.76. The summed E-state index contributed by atoms with van der Waals surface area (Å²) in [5.74, 6) is 0. The average Bonchev–Trinajstić information content (AvgIpc) is 3.03. The van der Waals surface area contributed by atoms with Crippen LogP contribution in [0.3, 0.4) is 0 Å². The number of aliphatic imine (C=N–C) groups is 2. The number of hydrogen-bond donors (Lipinski definition) is 0. The van der Waals surface area contributed by atoms with Gasteiger partial charge in [0.1, 0.15) is 22.8 Å². The SMILES string of the molecule is c1ccc(-c2ccc(C3=Nc4cccnc4C(c4ccc(-c5ccccn5)nc4)=Nc4cccnc43)cn2)nc1. The molecule has 8 heteroatoms. The number of fused-ring (bicyclic) bond motifs is 2. The minimum atomic E-state index is 0.653. The highest BCUT2D eigenvalue weighted by Gasteiger charge is 2.22. The number of nitrogens with zero attached hydrogens (tertiary/aromatic N) is 8. The fraction of sp³-hybridized carbons (Fsp3) is 0. The maximum atomic E-state index is 5.08. The summed E-state index contributed by atoms with van der Waals surface area (Å²) >= 11 is 0. The van der Waals surface area contributed by atoms with Crippen molar-refractivity contribution in [3.63, 3.8) is 0 Å². The minimum Gasteiger partial charge on any atom is -0.255 e. The number of rotatable bonds is 4. The molecule has 0 radical (unpaired) electrons. The monoisotopic (exact) mass is 516 g/mol. The van der Waals surface area contributed by atoms with Crippen molar-refractivity contribution in [3.05, 3.63) is 145 Å². The van der Waals surface area contributed by atoms with Gasteiger partial charge in [-0.05, 0) is 72.8 Å². The number of hydrogen-bond acceptors (Lipinski definition) is 8. The lowest BCUT2D eigenvalue weighted by molar-refractivity contribution is 1.20. The van der Waals surface area contributed by atoms with Crippen LogP contribution >= 0.6 is 0 Å². The second-order valence-corrected chi connectivity index (χ2v) is 8.96. The van der Waals surface area contributed by atoms with E-state index in [4.69, 9.17) is 20.0 Å². The zero-order valence-electron chi connectivity index (χ0n) is 21.1. The van der Waals surface area contributed by atoms with Crippen molar-refractivity contribution in [2.75, 3.05) is 0 Å². The lowest BCUT2D eigenvalue weighted by atomic mass is 10.0. The standard InChI is InChI=1S/C32H20N8/c1-3-15-33-23(7-1)25-13-11-21(19-37-25)29-31-27(9-5-17-35-31)40-30(32-28(39-29)10-6-18-36-32)22-12-14-26(38-20-22)24-8-2-4-16-34-24/h1-20H. The fourth-order valence-corrected chi connectivity index (χ4v) is 4.49. The molecular weight excluding hydrogens is 496 g/mol. The Morgan fingerprint density at radius 2 is 0.800 bits per heavy atom. The topological polar surface area (TPSA) is 102 Å². The van der Waals surface area contributed by atoms with Gasteiger partial charge < -0.3 is 0 Å². The second kappa shape index (κ2) is 10.2. The van der Waals surface area contributed by atoms with E-state index in [1.54, 1.807) is 37.2 Å². The van der Waals surface area contributed by atoms with E-state index in [2.05, 4.69) is 19.9 Å². The number of aromatic nitrogens is 6. The molecule has 0 fully saturated rings. The van der Waals surface area contributed by atoms with Gasteiger partial charge >= 0.3 is 0 Å². The van der Waals surface area contributed by atoms with E-state index in [0.717, 1.165) is 33.9 Å². The molecule has 0 aliphatic carbocycles. The molecule has 0 bridgehead atoms. The van der Waals surface area contributed by atoms with Crippen molar-refractivity contribution in [2.24, 2.45) is 9.98 Å². The highest BCUT2D eigenvalue weighted by Crippen LogP contribution is 2.31. The van der Waals surface area contributed by atoms with Gasteiger partial charge in [0, 0.05) is 48.3 Å². The van der Waals surface area contributed by atoms with Gasteiger partial charge in [0.15, 0.2) is 0 Å². The largest absolute Gasteiger partial charge is 0.255 e. The molecule has 6 aromatic rings. The van der Waals surface area contributed by atoms with Crippen LogP contribution in [0.25, 0.3) is 22.8 Å². The third-order valence-corrected chi connectivity index (χ3v) is 6.41. The Morgan fingerprint density at radius 1 is 0.350 bits per heavy atom. The molecule has 1 aliphatic rings. The molecule has 8 nitrogen and oxygen atoms in total. The van der Waals surface area contributed by atoms with Crippen molar-refractivity contribution in [3.8, 4) is 22.8 Å². The first kappa shape index (κ1) is 23.4. The normalized spacial score (nSPS) is 12.3. The molecule has 0 aromatic carbocycles. The lowest BCUT2D eigenvalue weighted by Gasteiger charge is -2.16. The second-order valence-electron chi connectivity index (χ2n) is 8.96. The predicted molar refractivity (Wildman–Crippen MR) is 154 cm³/mol. The third-order valence-electron chi connectivity index (χ3n) is 6.41. The first-order chi connectivity index (χ1) is 19.8. The van der Waals surface area contributed by atoms with Gasteiger partial charge in [-0.2, -0.15) is 0 Å².